The number of rotatable bonds is 3. The van der Waals surface area contributed by atoms with Gasteiger partial charge in [0.2, 0.25) is 0 Å². The van der Waals surface area contributed by atoms with Crippen LogP contribution in [0.25, 0.3) is 11.3 Å². The maximum absolute atomic E-state index is 12.8. The van der Waals surface area contributed by atoms with Crippen molar-refractivity contribution in [3.8, 4) is 11.3 Å². The van der Waals surface area contributed by atoms with Crippen molar-refractivity contribution in [1.82, 2.24) is 15.2 Å². The van der Waals surface area contributed by atoms with Gasteiger partial charge in [0.15, 0.2) is 5.69 Å². The molecule has 0 amide bonds. The van der Waals surface area contributed by atoms with Crippen LogP contribution in [0.15, 0.2) is 63.8 Å². The predicted molar refractivity (Wildman–Crippen MR) is 75.2 cm³/mol. The summed E-state index contributed by atoms with van der Waals surface area (Å²) in [6.45, 7) is 0. The zero-order valence-electron chi connectivity index (χ0n) is 10.7. The number of aromatic nitrogens is 3. The highest BCUT2D eigenvalue weighted by atomic mass is 19.1. The molecule has 6 nitrogen and oxygen atoms in total. The van der Waals surface area contributed by atoms with E-state index in [2.05, 4.69) is 25.4 Å². The average Bonchev–Trinajstić information content (AvgIpc) is 2.89. The number of nitrogens with one attached hydrogen (secondary N) is 2. The number of halogens is 1. The van der Waals surface area contributed by atoms with Crippen molar-refractivity contribution in [3.05, 3.63) is 65.0 Å². The lowest BCUT2D eigenvalue weighted by Gasteiger charge is -1.97. The molecule has 3 rings (SSSR count). The van der Waals surface area contributed by atoms with Crippen molar-refractivity contribution in [3.63, 3.8) is 0 Å². The number of nitrogens with zero attached hydrogens (tertiary/aromatic N) is 3. The Morgan fingerprint density at radius 2 is 1.86 bits per heavy atom. The van der Waals surface area contributed by atoms with Gasteiger partial charge in [-0.2, -0.15) is 5.11 Å². The zero-order chi connectivity index (χ0) is 14.7. The summed E-state index contributed by atoms with van der Waals surface area (Å²) in [5.74, 6) is -0.357. The molecule has 104 valence electrons. The molecule has 0 unspecified atom stereocenters. The molecule has 1 aromatic carbocycles. The fourth-order valence-electron chi connectivity index (χ4n) is 1.78. The standard InChI is InChI=1S/C14H10FN5O/c15-10-3-5-11(6-4-10)17-19-13-12(18-20-14(13)21)9-2-1-7-16-8-9/h1-8H,(H2,18,20,21). The fraction of sp³-hybridized carbons (Fsp3) is 0. The van der Waals surface area contributed by atoms with Crippen LogP contribution in [0.2, 0.25) is 0 Å². The lowest BCUT2D eigenvalue weighted by Crippen LogP contribution is -1.96. The molecule has 7 heteroatoms. The molecule has 0 atom stereocenters. The monoisotopic (exact) mass is 283 g/mol. The van der Waals surface area contributed by atoms with Crippen LogP contribution in [-0.4, -0.2) is 15.2 Å². The molecule has 0 fully saturated rings. The highest BCUT2D eigenvalue weighted by molar-refractivity contribution is 5.70. The van der Waals surface area contributed by atoms with Crippen molar-refractivity contribution in [2.75, 3.05) is 0 Å². The fourth-order valence-corrected chi connectivity index (χ4v) is 1.78. The number of H-pyrrole nitrogens is 2. The molecule has 3 aromatic rings. The molecule has 0 radical (unpaired) electrons. The summed E-state index contributed by atoms with van der Waals surface area (Å²) in [7, 11) is 0. The third kappa shape index (κ3) is 2.76. The Kier molecular flexibility index (Phi) is 3.38. The molecule has 2 aromatic heterocycles. The van der Waals surface area contributed by atoms with Gasteiger partial charge in [0.1, 0.15) is 5.82 Å². The Morgan fingerprint density at radius 1 is 1.05 bits per heavy atom. The lowest BCUT2D eigenvalue weighted by molar-refractivity contribution is 0.628. The van der Waals surface area contributed by atoms with E-state index in [0.29, 0.717) is 16.9 Å². The SMILES string of the molecule is O=c1[nH][nH]c(-c2cccnc2)c1N=Nc1ccc(F)cc1. The first kappa shape index (κ1) is 12.9. The molecule has 0 saturated carbocycles. The Labute approximate surface area is 118 Å². The molecule has 0 spiro atoms. The molecular formula is C14H10FN5O. The van der Waals surface area contributed by atoms with Crippen LogP contribution in [0.3, 0.4) is 0 Å². The normalized spacial score (nSPS) is 11.1. The van der Waals surface area contributed by atoms with Gasteiger partial charge < -0.3 is 0 Å². The second-order valence-corrected chi connectivity index (χ2v) is 4.22. The number of azo groups is 1. The van der Waals surface area contributed by atoms with E-state index in [0.717, 1.165) is 0 Å². The van der Waals surface area contributed by atoms with Crippen molar-refractivity contribution >= 4 is 11.4 Å². The summed E-state index contributed by atoms with van der Waals surface area (Å²) < 4.78 is 12.8. The van der Waals surface area contributed by atoms with Crippen LogP contribution in [-0.2, 0) is 0 Å². The third-order valence-electron chi connectivity index (χ3n) is 2.80. The summed E-state index contributed by atoms with van der Waals surface area (Å²) in [5, 5.41) is 13.1. The number of aromatic amines is 2. The van der Waals surface area contributed by atoms with Crippen molar-refractivity contribution in [2.24, 2.45) is 10.2 Å². The van der Waals surface area contributed by atoms with E-state index in [1.165, 1.54) is 24.3 Å². The number of hydrogen-bond donors (Lipinski definition) is 2. The third-order valence-corrected chi connectivity index (χ3v) is 2.80. The molecule has 0 aliphatic rings. The highest BCUT2D eigenvalue weighted by Gasteiger charge is 2.11. The van der Waals surface area contributed by atoms with Gasteiger partial charge in [0.25, 0.3) is 5.56 Å². The van der Waals surface area contributed by atoms with Crippen LogP contribution >= 0.6 is 0 Å². The minimum absolute atomic E-state index is 0.146. The van der Waals surface area contributed by atoms with Crippen LogP contribution in [0, 0.1) is 5.82 Å². The molecule has 21 heavy (non-hydrogen) atoms. The Bertz CT molecular complexity index is 821. The summed E-state index contributed by atoms with van der Waals surface area (Å²) in [6, 6.07) is 9.05. The number of hydrogen-bond acceptors (Lipinski definition) is 4. The zero-order valence-corrected chi connectivity index (χ0v) is 10.7. The smallest absolute Gasteiger partial charge is 0.292 e. The van der Waals surface area contributed by atoms with Crippen LogP contribution in [0.1, 0.15) is 0 Å². The summed E-state index contributed by atoms with van der Waals surface area (Å²) in [4.78, 5) is 15.8. The molecule has 0 aliphatic carbocycles. The first-order chi connectivity index (χ1) is 10.2. The molecule has 0 bridgehead atoms. The van der Waals surface area contributed by atoms with Crippen molar-refractivity contribution < 1.29 is 4.39 Å². The average molecular weight is 283 g/mol. The van der Waals surface area contributed by atoms with E-state index in [1.54, 1.807) is 24.5 Å². The van der Waals surface area contributed by atoms with E-state index in [9.17, 15) is 9.18 Å². The van der Waals surface area contributed by atoms with Crippen LogP contribution in [0.5, 0.6) is 0 Å². The topological polar surface area (TPSA) is 86.3 Å². The summed E-state index contributed by atoms with van der Waals surface area (Å²) in [6.07, 6.45) is 3.24. The maximum Gasteiger partial charge on any atom is 0.292 e. The van der Waals surface area contributed by atoms with Gasteiger partial charge in [-0.3, -0.25) is 20.0 Å². The van der Waals surface area contributed by atoms with Crippen molar-refractivity contribution in [2.45, 2.75) is 0 Å². The Morgan fingerprint density at radius 3 is 2.57 bits per heavy atom. The van der Waals surface area contributed by atoms with Gasteiger partial charge in [-0.1, -0.05) is 0 Å². The minimum Gasteiger partial charge on any atom is -0.295 e. The number of benzene rings is 1. The van der Waals surface area contributed by atoms with E-state index in [4.69, 9.17) is 0 Å². The van der Waals surface area contributed by atoms with Gasteiger partial charge in [-0.15, -0.1) is 5.11 Å². The second kappa shape index (κ2) is 5.49. The summed E-state index contributed by atoms with van der Waals surface area (Å²) in [5.41, 5.74) is 1.42. The van der Waals surface area contributed by atoms with Crippen LogP contribution in [0.4, 0.5) is 15.8 Å². The predicted octanol–water partition coefficient (Wildman–Crippen LogP) is 3.32. The molecular weight excluding hydrogens is 273 g/mol. The van der Waals surface area contributed by atoms with Crippen LogP contribution < -0.4 is 5.56 Å². The number of pyridine rings is 1. The van der Waals surface area contributed by atoms with E-state index < -0.39 is 0 Å². The molecule has 0 saturated heterocycles. The molecule has 2 N–H and O–H groups in total. The molecule has 0 aliphatic heterocycles. The van der Waals surface area contributed by atoms with E-state index in [-0.39, 0.29) is 17.1 Å². The minimum atomic E-state index is -0.389. The van der Waals surface area contributed by atoms with E-state index in [1.807, 2.05) is 0 Å². The highest BCUT2D eigenvalue weighted by Crippen LogP contribution is 2.25. The molecule has 2 heterocycles. The van der Waals surface area contributed by atoms with Crippen molar-refractivity contribution in [1.29, 1.82) is 0 Å². The van der Waals surface area contributed by atoms with Gasteiger partial charge in [0.05, 0.1) is 11.4 Å². The quantitative estimate of drug-likeness (QED) is 0.722. The Balaban J connectivity index is 1.98. The first-order valence-electron chi connectivity index (χ1n) is 6.12. The van der Waals surface area contributed by atoms with Gasteiger partial charge in [0, 0.05) is 18.0 Å². The van der Waals surface area contributed by atoms with Gasteiger partial charge in [-0.25, -0.2) is 4.39 Å². The van der Waals surface area contributed by atoms with E-state index >= 15 is 0 Å². The lowest BCUT2D eigenvalue weighted by atomic mass is 10.2. The Hall–Kier alpha value is -3.09. The maximum atomic E-state index is 12.8. The first-order valence-corrected chi connectivity index (χ1v) is 6.12. The van der Waals surface area contributed by atoms with Gasteiger partial charge >= 0.3 is 0 Å². The largest absolute Gasteiger partial charge is 0.295 e. The summed E-state index contributed by atoms with van der Waals surface area (Å²) >= 11 is 0. The van der Waals surface area contributed by atoms with Gasteiger partial charge in [-0.05, 0) is 36.4 Å². The second-order valence-electron chi connectivity index (χ2n) is 4.22.